The zero-order chi connectivity index (χ0) is 13.5. The van der Waals surface area contributed by atoms with Crippen LogP contribution in [0, 0.1) is 17.3 Å². The number of aliphatic carboxylic acids is 1. The summed E-state index contributed by atoms with van der Waals surface area (Å²) in [6.45, 7) is 5.01. The Morgan fingerprint density at radius 3 is 2.50 bits per heavy atom. The summed E-state index contributed by atoms with van der Waals surface area (Å²) in [5, 5.41) is 9.08. The molecule has 1 saturated carbocycles. The van der Waals surface area contributed by atoms with Gasteiger partial charge in [-0.2, -0.15) is 0 Å². The maximum absolute atomic E-state index is 12.2. The van der Waals surface area contributed by atoms with Crippen molar-refractivity contribution in [3.05, 3.63) is 0 Å². The van der Waals surface area contributed by atoms with Crippen LogP contribution in [0.1, 0.15) is 26.7 Å². The Bertz CT molecular complexity index is 360. The molecule has 2 rings (SSSR count). The molecule has 0 radical (unpaired) electrons. The molecule has 0 spiro atoms. The fourth-order valence-electron chi connectivity index (χ4n) is 2.98. The molecule has 0 bridgehead atoms. The maximum Gasteiger partial charge on any atom is 0.307 e. The third kappa shape index (κ3) is 2.23. The standard InChI is InChI=1S/C13H21NO4/c1-13(2)9(10(13)12(16)17)11(15)14(3)7-8-5-4-6-18-8/h8-10H,4-7H2,1-3H3,(H,16,17)/t8?,9-,10+/m1/s1. The minimum absolute atomic E-state index is 0.0668. The number of carbonyl (C=O) groups excluding carboxylic acids is 1. The number of hydrogen-bond acceptors (Lipinski definition) is 3. The highest BCUT2D eigenvalue weighted by molar-refractivity contribution is 5.91. The van der Waals surface area contributed by atoms with Crippen molar-refractivity contribution < 1.29 is 19.4 Å². The second kappa shape index (κ2) is 4.53. The summed E-state index contributed by atoms with van der Waals surface area (Å²) in [6.07, 6.45) is 2.14. The van der Waals surface area contributed by atoms with Crippen LogP contribution in [0.25, 0.3) is 0 Å². The van der Waals surface area contributed by atoms with Crippen LogP contribution in [0.2, 0.25) is 0 Å². The van der Waals surface area contributed by atoms with Crippen molar-refractivity contribution in [3.8, 4) is 0 Å². The second-order valence-electron chi connectivity index (χ2n) is 5.97. The summed E-state index contributed by atoms with van der Waals surface area (Å²) in [5.74, 6) is -1.87. The van der Waals surface area contributed by atoms with Crippen molar-refractivity contribution in [3.63, 3.8) is 0 Å². The summed E-state index contributed by atoms with van der Waals surface area (Å²) in [5.41, 5.74) is -0.423. The van der Waals surface area contributed by atoms with E-state index in [1.54, 1.807) is 11.9 Å². The van der Waals surface area contributed by atoms with E-state index in [9.17, 15) is 9.59 Å². The van der Waals surface area contributed by atoms with Crippen LogP contribution in [-0.2, 0) is 14.3 Å². The lowest BCUT2D eigenvalue weighted by molar-refractivity contribution is -0.142. The Kier molecular flexibility index (Phi) is 3.36. The number of likely N-dealkylation sites (N-methyl/N-ethyl adjacent to an activating group) is 1. The zero-order valence-electron chi connectivity index (χ0n) is 11.2. The monoisotopic (exact) mass is 255 g/mol. The molecule has 102 valence electrons. The maximum atomic E-state index is 12.2. The van der Waals surface area contributed by atoms with E-state index >= 15 is 0 Å². The molecule has 1 N–H and O–H groups in total. The highest BCUT2D eigenvalue weighted by atomic mass is 16.5. The molecule has 1 amide bonds. The molecular weight excluding hydrogens is 234 g/mol. The number of carboxylic acids is 1. The van der Waals surface area contributed by atoms with E-state index in [1.165, 1.54) is 0 Å². The predicted octanol–water partition coefficient (Wildman–Crippen LogP) is 0.981. The SMILES string of the molecule is CN(CC1CCCO1)C(=O)[C@H]1[C@@H](C(=O)O)C1(C)C. The van der Waals surface area contributed by atoms with Gasteiger partial charge in [0, 0.05) is 20.2 Å². The van der Waals surface area contributed by atoms with Gasteiger partial charge in [0.2, 0.25) is 5.91 Å². The molecule has 5 heteroatoms. The van der Waals surface area contributed by atoms with Gasteiger partial charge < -0.3 is 14.7 Å². The Labute approximate surface area is 107 Å². The summed E-state index contributed by atoms with van der Waals surface area (Å²) in [6, 6.07) is 0. The minimum Gasteiger partial charge on any atom is -0.481 e. The lowest BCUT2D eigenvalue weighted by atomic mass is 10.1. The van der Waals surface area contributed by atoms with Gasteiger partial charge in [0.1, 0.15) is 0 Å². The first kappa shape index (κ1) is 13.3. The van der Waals surface area contributed by atoms with Crippen LogP contribution in [0.3, 0.4) is 0 Å². The molecule has 0 aromatic rings. The summed E-state index contributed by atoms with van der Waals surface area (Å²) >= 11 is 0. The normalized spacial score (nSPS) is 33.2. The first-order chi connectivity index (χ1) is 8.35. The number of carbonyl (C=O) groups is 2. The number of hydrogen-bond donors (Lipinski definition) is 1. The third-order valence-corrected chi connectivity index (χ3v) is 4.24. The Balaban J connectivity index is 1.93. The van der Waals surface area contributed by atoms with Gasteiger partial charge in [0.05, 0.1) is 17.9 Å². The van der Waals surface area contributed by atoms with Crippen LogP contribution < -0.4 is 0 Å². The molecule has 2 aliphatic rings. The number of ether oxygens (including phenoxy) is 1. The molecule has 1 heterocycles. The van der Waals surface area contributed by atoms with Crippen molar-refractivity contribution in [2.24, 2.45) is 17.3 Å². The first-order valence-corrected chi connectivity index (χ1v) is 6.45. The molecule has 1 unspecified atom stereocenters. The summed E-state index contributed by atoms with van der Waals surface area (Å²) in [7, 11) is 1.73. The Hall–Kier alpha value is -1.10. The summed E-state index contributed by atoms with van der Waals surface area (Å²) < 4.78 is 5.49. The first-order valence-electron chi connectivity index (χ1n) is 6.45. The van der Waals surface area contributed by atoms with E-state index in [4.69, 9.17) is 9.84 Å². The van der Waals surface area contributed by atoms with Crippen LogP contribution in [-0.4, -0.2) is 48.2 Å². The molecule has 18 heavy (non-hydrogen) atoms. The molecular formula is C13H21NO4. The topological polar surface area (TPSA) is 66.8 Å². The average Bonchev–Trinajstić information content (AvgIpc) is 2.63. The average molecular weight is 255 g/mol. The molecule has 2 fully saturated rings. The molecule has 1 aliphatic heterocycles. The number of rotatable bonds is 4. The van der Waals surface area contributed by atoms with Crippen molar-refractivity contribution in [1.29, 1.82) is 0 Å². The van der Waals surface area contributed by atoms with E-state index in [0.717, 1.165) is 19.4 Å². The summed E-state index contributed by atoms with van der Waals surface area (Å²) in [4.78, 5) is 24.9. The Morgan fingerprint density at radius 1 is 1.39 bits per heavy atom. The third-order valence-electron chi connectivity index (χ3n) is 4.24. The highest BCUT2D eigenvalue weighted by Crippen LogP contribution is 2.58. The fourth-order valence-corrected chi connectivity index (χ4v) is 2.98. The van der Waals surface area contributed by atoms with E-state index < -0.39 is 17.3 Å². The fraction of sp³-hybridized carbons (Fsp3) is 0.846. The lowest BCUT2D eigenvalue weighted by Crippen LogP contribution is -2.36. The zero-order valence-corrected chi connectivity index (χ0v) is 11.2. The van der Waals surface area contributed by atoms with Crippen molar-refractivity contribution in [2.75, 3.05) is 20.2 Å². The van der Waals surface area contributed by atoms with Crippen LogP contribution in [0.5, 0.6) is 0 Å². The van der Waals surface area contributed by atoms with Gasteiger partial charge in [-0.3, -0.25) is 9.59 Å². The van der Waals surface area contributed by atoms with E-state index in [1.807, 2.05) is 13.8 Å². The smallest absolute Gasteiger partial charge is 0.307 e. The van der Waals surface area contributed by atoms with E-state index in [2.05, 4.69) is 0 Å². The van der Waals surface area contributed by atoms with Crippen molar-refractivity contribution in [2.45, 2.75) is 32.8 Å². The number of carboxylic acid groups (broad SMARTS) is 1. The van der Waals surface area contributed by atoms with Gasteiger partial charge in [-0.1, -0.05) is 13.8 Å². The molecule has 1 aliphatic carbocycles. The number of amides is 1. The van der Waals surface area contributed by atoms with E-state index in [0.29, 0.717) is 6.54 Å². The van der Waals surface area contributed by atoms with Crippen LogP contribution in [0.15, 0.2) is 0 Å². The number of nitrogens with zero attached hydrogens (tertiary/aromatic N) is 1. The predicted molar refractivity (Wildman–Crippen MR) is 65.0 cm³/mol. The van der Waals surface area contributed by atoms with Gasteiger partial charge in [-0.05, 0) is 18.3 Å². The largest absolute Gasteiger partial charge is 0.481 e. The van der Waals surface area contributed by atoms with Gasteiger partial charge >= 0.3 is 5.97 Å². The quantitative estimate of drug-likeness (QED) is 0.813. The molecule has 5 nitrogen and oxygen atoms in total. The molecule has 0 aromatic carbocycles. The molecule has 0 aromatic heterocycles. The van der Waals surface area contributed by atoms with Crippen LogP contribution in [0.4, 0.5) is 0 Å². The van der Waals surface area contributed by atoms with Gasteiger partial charge in [0.25, 0.3) is 0 Å². The van der Waals surface area contributed by atoms with Gasteiger partial charge in [-0.15, -0.1) is 0 Å². The molecule has 1 saturated heterocycles. The second-order valence-corrected chi connectivity index (χ2v) is 5.97. The molecule has 3 atom stereocenters. The van der Waals surface area contributed by atoms with Crippen molar-refractivity contribution in [1.82, 2.24) is 4.90 Å². The van der Waals surface area contributed by atoms with Crippen molar-refractivity contribution >= 4 is 11.9 Å². The van der Waals surface area contributed by atoms with Gasteiger partial charge in [-0.25, -0.2) is 0 Å². The van der Waals surface area contributed by atoms with Gasteiger partial charge in [0.15, 0.2) is 0 Å². The highest BCUT2D eigenvalue weighted by Gasteiger charge is 2.66. The minimum atomic E-state index is -0.871. The van der Waals surface area contributed by atoms with E-state index in [-0.39, 0.29) is 17.9 Å². The Morgan fingerprint density at radius 2 is 2.06 bits per heavy atom. The van der Waals surface area contributed by atoms with Crippen LogP contribution >= 0.6 is 0 Å². The lowest BCUT2D eigenvalue weighted by Gasteiger charge is -2.21.